The highest BCUT2D eigenvalue weighted by Crippen LogP contribution is 2.25. The molecule has 150 valence electrons. The Kier molecular flexibility index (Phi) is 5.79. The lowest BCUT2D eigenvalue weighted by Crippen LogP contribution is -2.12. The van der Waals surface area contributed by atoms with Gasteiger partial charge in [-0.15, -0.1) is 0 Å². The molecule has 0 bridgehead atoms. The Balaban J connectivity index is 1.30. The first-order valence-electron chi connectivity index (χ1n) is 9.94. The molecule has 1 N–H and O–H groups in total. The minimum atomic E-state index is -0.162. The number of aryl methyl sites for hydroxylation is 1. The minimum absolute atomic E-state index is 0.162. The fourth-order valence-corrected chi connectivity index (χ4v) is 3.40. The maximum absolute atomic E-state index is 12.5. The molecule has 1 saturated carbocycles. The standard InChI is InChI=1S/C23H25N3O3/c1-26-15-14-24-22(26)16-28-19-10-6-17(7-11-19)23(27)25-18-8-12-21(13-9-18)29-20-4-2-3-5-20/h6-15,20H,2-5,16H2,1H3,(H,25,27). The van der Waals surface area contributed by atoms with Gasteiger partial charge in [-0.1, -0.05) is 0 Å². The fraction of sp³-hybridized carbons (Fsp3) is 0.304. The summed E-state index contributed by atoms with van der Waals surface area (Å²) in [5, 5.41) is 2.91. The van der Waals surface area contributed by atoms with Crippen LogP contribution in [0.5, 0.6) is 11.5 Å². The van der Waals surface area contributed by atoms with Crippen LogP contribution in [0.25, 0.3) is 0 Å². The summed E-state index contributed by atoms with van der Waals surface area (Å²) in [5.74, 6) is 2.22. The number of ether oxygens (including phenoxy) is 2. The number of nitrogens with one attached hydrogen (secondary N) is 1. The summed E-state index contributed by atoms with van der Waals surface area (Å²) >= 11 is 0. The van der Waals surface area contributed by atoms with E-state index in [0.717, 1.165) is 30.1 Å². The number of rotatable bonds is 7. The van der Waals surface area contributed by atoms with Gasteiger partial charge in [-0.2, -0.15) is 0 Å². The average molecular weight is 391 g/mol. The molecule has 1 aliphatic rings. The number of imidazole rings is 1. The lowest BCUT2D eigenvalue weighted by atomic mass is 10.2. The lowest BCUT2D eigenvalue weighted by Gasteiger charge is -2.13. The third kappa shape index (κ3) is 4.96. The van der Waals surface area contributed by atoms with Crippen LogP contribution in [0, 0.1) is 0 Å². The van der Waals surface area contributed by atoms with Crippen molar-refractivity contribution in [3.63, 3.8) is 0 Å². The first-order chi connectivity index (χ1) is 14.2. The molecule has 0 aliphatic heterocycles. The van der Waals surface area contributed by atoms with Crippen molar-refractivity contribution in [1.82, 2.24) is 9.55 Å². The molecule has 0 saturated heterocycles. The molecule has 6 nitrogen and oxygen atoms in total. The van der Waals surface area contributed by atoms with Crippen molar-refractivity contribution in [1.29, 1.82) is 0 Å². The molecular weight excluding hydrogens is 366 g/mol. The normalized spacial score (nSPS) is 14.0. The molecule has 1 aromatic heterocycles. The molecule has 0 radical (unpaired) electrons. The Morgan fingerprint density at radius 1 is 1.07 bits per heavy atom. The van der Waals surface area contributed by atoms with Gasteiger partial charge in [0.15, 0.2) is 0 Å². The second-order valence-corrected chi connectivity index (χ2v) is 7.27. The fourth-order valence-electron chi connectivity index (χ4n) is 3.40. The van der Waals surface area contributed by atoms with Crippen molar-refractivity contribution in [3.8, 4) is 11.5 Å². The van der Waals surface area contributed by atoms with E-state index in [1.807, 2.05) is 42.1 Å². The predicted molar refractivity (Wildman–Crippen MR) is 111 cm³/mol. The predicted octanol–water partition coefficient (Wildman–Crippen LogP) is 4.57. The van der Waals surface area contributed by atoms with E-state index in [-0.39, 0.29) is 5.91 Å². The van der Waals surface area contributed by atoms with E-state index in [1.165, 1.54) is 12.8 Å². The second kappa shape index (κ2) is 8.82. The summed E-state index contributed by atoms with van der Waals surface area (Å²) in [7, 11) is 1.92. The van der Waals surface area contributed by atoms with E-state index >= 15 is 0 Å². The van der Waals surface area contributed by atoms with Crippen LogP contribution in [-0.2, 0) is 13.7 Å². The van der Waals surface area contributed by atoms with Crippen molar-refractivity contribution in [3.05, 3.63) is 72.3 Å². The number of benzene rings is 2. The number of anilines is 1. The van der Waals surface area contributed by atoms with Crippen LogP contribution in [0.1, 0.15) is 41.9 Å². The zero-order valence-electron chi connectivity index (χ0n) is 16.5. The van der Waals surface area contributed by atoms with E-state index in [0.29, 0.717) is 24.0 Å². The second-order valence-electron chi connectivity index (χ2n) is 7.27. The number of hydrogen-bond donors (Lipinski definition) is 1. The number of hydrogen-bond acceptors (Lipinski definition) is 4. The molecule has 1 heterocycles. The maximum Gasteiger partial charge on any atom is 0.255 e. The van der Waals surface area contributed by atoms with Crippen molar-refractivity contribution in [2.45, 2.75) is 38.4 Å². The zero-order chi connectivity index (χ0) is 20.1. The van der Waals surface area contributed by atoms with Gasteiger partial charge in [0, 0.05) is 30.7 Å². The van der Waals surface area contributed by atoms with E-state index in [9.17, 15) is 4.79 Å². The molecule has 29 heavy (non-hydrogen) atoms. The summed E-state index contributed by atoms with van der Waals surface area (Å²) in [6, 6.07) is 14.6. The van der Waals surface area contributed by atoms with Crippen LogP contribution >= 0.6 is 0 Å². The van der Waals surface area contributed by atoms with Crippen LogP contribution in [0.2, 0.25) is 0 Å². The SMILES string of the molecule is Cn1ccnc1COc1ccc(C(=O)Nc2ccc(OC3CCCC3)cc2)cc1. The van der Waals surface area contributed by atoms with Crippen LogP contribution in [-0.4, -0.2) is 21.6 Å². The molecule has 3 aromatic rings. The Morgan fingerprint density at radius 3 is 2.41 bits per heavy atom. The Bertz CT molecular complexity index is 942. The number of carbonyl (C=O) groups excluding carboxylic acids is 1. The monoisotopic (exact) mass is 391 g/mol. The van der Waals surface area contributed by atoms with Gasteiger partial charge in [-0.25, -0.2) is 4.98 Å². The molecular formula is C23H25N3O3. The molecule has 1 fully saturated rings. The molecule has 1 aliphatic carbocycles. The summed E-state index contributed by atoms with van der Waals surface area (Å²) in [6.45, 7) is 0.379. The quantitative estimate of drug-likeness (QED) is 0.641. The van der Waals surface area contributed by atoms with Crippen LogP contribution in [0.15, 0.2) is 60.9 Å². The van der Waals surface area contributed by atoms with Crippen LogP contribution in [0.3, 0.4) is 0 Å². The molecule has 4 rings (SSSR count). The molecule has 0 spiro atoms. The van der Waals surface area contributed by atoms with E-state index in [2.05, 4.69) is 10.3 Å². The molecule has 2 aromatic carbocycles. The molecule has 1 amide bonds. The van der Waals surface area contributed by atoms with Crippen molar-refractivity contribution in [2.75, 3.05) is 5.32 Å². The molecule has 6 heteroatoms. The summed E-state index contributed by atoms with van der Waals surface area (Å²) in [6.07, 6.45) is 8.67. The topological polar surface area (TPSA) is 65.4 Å². The zero-order valence-corrected chi connectivity index (χ0v) is 16.5. The van der Waals surface area contributed by atoms with E-state index in [1.54, 1.807) is 30.5 Å². The smallest absolute Gasteiger partial charge is 0.255 e. The van der Waals surface area contributed by atoms with Gasteiger partial charge in [0.05, 0.1) is 6.10 Å². The third-order valence-electron chi connectivity index (χ3n) is 5.12. The average Bonchev–Trinajstić information content (AvgIpc) is 3.40. The highest BCUT2D eigenvalue weighted by molar-refractivity contribution is 6.04. The molecule has 0 atom stereocenters. The number of aromatic nitrogens is 2. The largest absolute Gasteiger partial charge is 0.490 e. The number of nitrogens with zero attached hydrogens (tertiary/aromatic N) is 2. The minimum Gasteiger partial charge on any atom is -0.490 e. The van der Waals surface area contributed by atoms with Gasteiger partial charge >= 0.3 is 0 Å². The highest BCUT2D eigenvalue weighted by atomic mass is 16.5. The van der Waals surface area contributed by atoms with Crippen molar-refractivity contribution < 1.29 is 14.3 Å². The Labute approximate surface area is 170 Å². The first kappa shape index (κ1) is 19.1. The Morgan fingerprint density at radius 2 is 1.76 bits per heavy atom. The van der Waals surface area contributed by atoms with E-state index < -0.39 is 0 Å². The van der Waals surface area contributed by atoms with Gasteiger partial charge in [-0.05, 0) is 74.2 Å². The number of carbonyl (C=O) groups is 1. The summed E-state index contributed by atoms with van der Waals surface area (Å²) in [4.78, 5) is 16.7. The maximum atomic E-state index is 12.5. The number of amides is 1. The van der Waals surface area contributed by atoms with Gasteiger partial charge in [0.25, 0.3) is 5.91 Å². The van der Waals surface area contributed by atoms with Crippen LogP contribution in [0.4, 0.5) is 5.69 Å². The van der Waals surface area contributed by atoms with Gasteiger partial charge in [0.2, 0.25) is 0 Å². The van der Waals surface area contributed by atoms with Gasteiger partial charge < -0.3 is 19.4 Å². The summed E-state index contributed by atoms with van der Waals surface area (Å²) in [5.41, 5.74) is 1.31. The van der Waals surface area contributed by atoms with E-state index in [4.69, 9.17) is 9.47 Å². The molecule has 0 unspecified atom stereocenters. The first-order valence-corrected chi connectivity index (χ1v) is 9.94. The van der Waals surface area contributed by atoms with Gasteiger partial charge in [0.1, 0.15) is 23.9 Å². The van der Waals surface area contributed by atoms with Gasteiger partial charge in [-0.3, -0.25) is 4.79 Å². The summed E-state index contributed by atoms with van der Waals surface area (Å²) < 4.78 is 13.6. The third-order valence-corrected chi connectivity index (χ3v) is 5.12. The lowest BCUT2D eigenvalue weighted by molar-refractivity contribution is 0.102. The van der Waals surface area contributed by atoms with Crippen LogP contribution < -0.4 is 14.8 Å². The highest BCUT2D eigenvalue weighted by Gasteiger charge is 2.16. The Hall–Kier alpha value is -3.28. The van der Waals surface area contributed by atoms with Crippen molar-refractivity contribution in [2.24, 2.45) is 7.05 Å². The van der Waals surface area contributed by atoms with Crippen molar-refractivity contribution >= 4 is 11.6 Å².